The number of esters is 2. The van der Waals surface area contributed by atoms with Gasteiger partial charge in [-0.05, 0) is 70.0 Å². The van der Waals surface area contributed by atoms with E-state index >= 15 is 0 Å². The van der Waals surface area contributed by atoms with E-state index in [1.54, 1.807) is 58.9 Å². The van der Waals surface area contributed by atoms with Gasteiger partial charge in [0.15, 0.2) is 5.92 Å². The highest BCUT2D eigenvalue weighted by Crippen LogP contribution is 2.32. The molecule has 0 radical (unpaired) electrons. The van der Waals surface area contributed by atoms with Gasteiger partial charge in [-0.25, -0.2) is 0 Å². The quantitative estimate of drug-likeness (QED) is 0.597. The molecular formula is C19H24O4S. The minimum atomic E-state index is -1.10. The number of benzene rings is 1. The van der Waals surface area contributed by atoms with Crippen molar-refractivity contribution in [3.05, 3.63) is 35.2 Å². The van der Waals surface area contributed by atoms with Crippen molar-refractivity contribution in [2.24, 2.45) is 0 Å². The lowest BCUT2D eigenvalue weighted by Crippen LogP contribution is -2.35. The zero-order valence-corrected chi connectivity index (χ0v) is 15.8. The first-order valence-corrected chi connectivity index (χ1v) is 8.78. The predicted molar refractivity (Wildman–Crippen MR) is 96.3 cm³/mol. The molecule has 1 heterocycles. The molecule has 4 nitrogen and oxygen atoms in total. The summed E-state index contributed by atoms with van der Waals surface area (Å²) in [4.78, 5) is 25.5. The Morgan fingerprint density at radius 1 is 0.917 bits per heavy atom. The highest BCUT2D eigenvalue weighted by molar-refractivity contribution is 7.17. The van der Waals surface area contributed by atoms with Gasteiger partial charge in [0.05, 0.1) is 0 Å². The Balaban J connectivity index is 2.48. The van der Waals surface area contributed by atoms with Crippen LogP contribution in [0.1, 0.15) is 53.0 Å². The molecule has 0 atom stereocenters. The zero-order valence-electron chi connectivity index (χ0n) is 15.0. The summed E-state index contributed by atoms with van der Waals surface area (Å²) in [5.41, 5.74) is -0.739. The normalized spacial score (nSPS) is 12.5. The molecule has 2 rings (SSSR count). The van der Waals surface area contributed by atoms with Crippen molar-refractivity contribution in [1.29, 1.82) is 0 Å². The molecule has 0 saturated heterocycles. The Hall–Kier alpha value is -1.88. The summed E-state index contributed by atoms with van der Waals surface area (Å²) in [6, 6.07) is 7.51. The maximum Gasteiger partial charge on any atom is 0.325 e. The van der Waals surface area contributed by atoms with Crippen molar-refractivity contribution >= 4 is 33.4 Å². The topological polar surface area (TPSA) is 52.6 Å². The fraction of sp³-hybridized carbons (Fsp3) is 0.474. The summed E-state index contributed by atoms with van der Waals surface area (Å²) in [5, 5.41) is 2.82. The highest BCUT2D eigenvalue weighted by Gasteiger charge is 2.37. The van der Waals surface area contributed by atoms with E-state index in [1.165, 1.54) is 0 Å². The average Bonchev–Trinajstić information content (AvgIpc) is 2.83. The van der Waals surface area contributed by atoms with Crippen molar-refractivity contribution < 1.29 is 19.1 Å². The van der Waals surface area contributed by atoms with Crippen LogP contribution in [0.25, 0.3) is 10.1 Å². The predicted octanol–water partition coefficient (Wildman–Crippen LogP) is 4.67. The third-order valence-corrected chi connectivity index (χ3v) is 4.01. The van der Waals surface area contributed by atoms with Crippen LogP contribution >= 0.6 is 11.3 Å². The first-order valence-electron chi connectivity index (χ1n) is 7.90. The highest BCUT2D eigenvalue weighted by atomic mass is 32.1. The number of ether oxygens (including phenoxy) is 2. The Bertz CT molecular complexity index is 719. The van der Waals surface area contributed by atoms with Gasteiger partial charge < -0.3 is 9.47 Å². The number of fused-ring (bicyclic) bond motifs is 1. The van der Waals surface area contributed by atoms with Crippen molar-refractivity contribution in [2.45, 2.75) is 58.7 Å². The van der Waals surface area contributed by atoms with E-state index in [-0.39, 0.29) is 0 Å². The zero-order chi connectivity index (χ0) is 18.1. The standard InChI is InChI=1S/C19H24O4S/c1-18(2,3)22-16(20)15(17(21)23-19(4,5)6)13-8-7-9-14-12(13)10-11-24-14/h7-11,15H,1-6H3. The molecule has 0 bridgehead atoms. The van der Waals surface area contributed by atoms with Crippen molar-refractivity contribution in [3.8, 4) is 0 Å². The molecule has 0 aliphatic carbocycles. The van der Waals surface area contributed by atoms with Crippen molar-refractivity contribution in [2.75, 3.05) is 0 Å². The number of carbonyl (C=O) groups is 2. The summed E-state index contributed by atoms with van der Waals surface area (Å²) in [6.07, 6.45) is 0. The lowest BCUT2D eigenvalue weighted by Gasteiger charge is -2.26. The van der Waals surface area contributed by atoms with Crippen molar-refractivity contribution in [1.82, 2.24) is 0 Å². The number of hydrogen-bond donors (Lipinski definition) is 0. The Morgan fingerprint density at radius 3 is 1.96 bits per heavy atom. The largest absolute Gasteiger partial charge is 0.459 e. The molecule has 0 unspecified atom stereocenters. The minimum Gasteiger partial charge on any atom is -0.459 e. The lowest BCUT2D eigenvalue weighted by molar-refractivity contribution is -0.169. The molecule has 0 spiro atoms. The van der Waals surface area contributed by atoms with Crippen LogP contribution in [0.4, 0.5) is 0 Å². The second-order valence-corrected chi connectivity index (χ2v) is 8.63. The van der Waals surface area contributed by atoms with Gasteiger partial charge in [0, 0.05) is 4.70 Å². The van der Waals surface area contributed by atoms with Gasteiger partial charge >= 0.3 is 11.9 Å². The van der Waals surface area contributed by atoms with Crippen LogP contribution in [0.15, 0.2) is 29.6 Å². The number of carbonyl (C=O) groups excluding carboxylic acids is 2. The molecule has 0 amide bonds. The maximum absolute atomic E-state index is 12.7. The van der Waals surface area contributed by atoms with Gasteiger partial charge in [-0.15, -0.1) is 11.3 Å². The van der Waals surface area contributed by atoms with Crippen LogP contribution in [0, 0.1) is 0 Å². The fourth-order valence-electron chi connectivity index (χ4n) is 2.34. The maximum atomic E-state index is 12.7. The molecule has 1 aromatic carbocycles. The van der Waals surface area contributed by atoms with Gasteiger partial charge in [-0.2, -0.15) is 0 Å². The van der Waals surface area contributed by atoms with E-state index in [1.807, 2.05) is 23.6 Å². The first kappa shape index (κ1) is 18.5. The van der Waals surface area contributed by atoms with Crippen LogP contribution < -0.4 is 0 Å². The SMILES string of the molecule is CC(C)(C)OC(=O)C(C(=O)OC(C)(C)C)c1cccc2sccc12. The molecule has 2 aromatic rings. The average molecular weight is 348 g/mol. The summed E-state index contributed by atoms with van der Waals surface area (Å²) in [6.45, 7) is 10.7. The summed E-state index contributed by atoms with van der Waals surface area (Å²) in [7, 11) is 0. The summed E-state index contributed by atoms with van der Waals surface area (Å²) >= 11 is 1.56. The molecule has 0 aliphatic rings. The van der Waals surface area contributed by atoms with E-state index in [4.69, 9.17) is 9.47 Å². The molecule has 24 heavy (non-hydrogen) atoms. The summed E-state index contributed by atoms with van der Waals surface area (Å²) in [5.74, 6) is -2.27. The fourth-order valence-corrected chi connectivity index (χ4v) is 3.16. The third kappa shape index (κ3) is 4.57. The van der Waals surface area contributed by atoms with E-state index in [0.717, 1.165) is 10.1 Å². The smallest absolute Gasteiger partial charge is 0.325 e. The molecule has 0 N–H and O–H groups in total. The molecular weight excluding hydrogens is 324 g/mol. The second-order valence-electron chi connectivity index (χ2n) is 7.68. The van der Waals surface area contributed by atoms with Gasteiger partial charge in [-0.3, -0.25) is 9.59 Å². The Labute approximate surface area is 146 Å². The van der Waals surface area contributed by atoms with Gasteiger partial charge in [0.1, 0.15) is 11.2 Å². The van der Waals surface area contributed by atoms with Gasteiger partial charge in [-0.1, -0.05) is 12.1 Å². The Morgan fingerprint density at radius 2 is 1.46 bits per heavy atom. The monoisotopic (exact) mass is 348 g/mol. The van der Waals surface area contributed by atoms with Crippen LogP contribution in [-0.4, -0.2) is 23.1 Å². The van der Waals surface area contributed by atoms with Crippen LogP contribution in [0.2, 0.25) is 0 Å². The van der Waals surface area contributed by atoms with E-state index in [2.05, 4.69) is 0 Å². The van der Waals surface area contributed by atoms with Crippen LogP contribution in [-0.2, 0) is 19.1 Å². The van der Waals surface area contributed by atoms with Crippen molar-refractivity contribution in [3.63, 3.8) is 0 Å². The first-order chi connectivity index (χ1) is 11.0. The minimum absolute atomic E-state index is 0.588. The van der Waals surface area contributed by atoms with Crippen LogP contribution in [0.3, 0.4) is 0 Å². The Kier molecular flexibility index (Phi) is 5.04. The summed E-state index contributed by atoms with van der Waals surface area (Å²) < 4.78 is 12.0. The van der Waals surface area contributed by atoms with E-state index < -0.39 is 29.1 Å². The molecule has 5 heteroatoms. The lowest BCUT2D eigenvalue weighted by atomic mass is 9.95. The molecule has 0 aliphatic heterocycles. The third-order valence-electron chi connectivity index (χ3n) is 3.13. The molecule has 130 valence electrons. The van der Waals surface area contributed by atoms with E-state index in [9.17, 15) is 9.59 Å². The molecule has 0 saturated carbocycles. The number of hydrogen-bond acceptors (Lipinski definition) is 5. The number of rotatable bonds is 3. The van der Waals surface area contributed by atoms with Gasteiger partial charge in [0.25, 0.3) is 0 Å². The van der Waals surface area contributed by atoms with Crippen LogP contribution in [0.5, 0.6) is 0 Å². The van der Waals surface area contributed by atoms with Gasteiger partial charge in [0.2, 0.25) is 0 Å². The molecule has 1 aromatic heterocycles. The number of thiophene rings is 1. The molecule has 0 fully saturated rings. The van der Waals surface area contributed by atoms with E-state index in [0.29, 0.717) is 5.56 Å². The second kappa shape index (κ2) is 6.55.